The summed E-state index contributed by atoms with van der Waals surface area (Å²) in [6.45, 7) is 3.17. The molecule has 0 aliphatic heterocycles. The molecule has 0 radical (unpaired) electrons. The minimum Gasteiger partial charge on any atom is -0.382 e. The number of aromatic nitrogens is 4. The van der Waals surface area contributed by atoms with Crippen LogP contribution in [-0.2, 0) is 29.5 Å². The highest BCUT2D eigenvalue weighted by atomic mass is 35.5. The molecule has 0 saturated carbocycles. The number of hydrogen-bond donors (Lipinski definition) is 0. The van der Waals surface area contributed by atoms with Crippen molar-refractivity contribution in [3.63, 3.8) is 0 Å². The maximum atomic E-state index is 5.88. The molecule has 0 fully saturated rings. The average molecular weight is 301 g/mol. The second-order valence-corrected chi connectivity index (χ2v) is 5.15. The van der Waals surface area contributed by atoms with Crippen LogP contribution in [0.1, 0.15) is 11.5 Å². The number of ether oxygens (including phenoxy) is 2. The smallest absolute Gasteiger partial charge is 0.158 e. The molecule has 2 rings (SSSR count). The Hall–Kier alpha value is -1.11. The number of fused-ring (bicyclic) bond motifs is 1. The highest BCUT2D eigenvalue weighted by Crippen LogP contribution is 2.20. The van der Waals surface area contributed by atoms with E-state index >= 15 is 0 Å². The molecule has 20 heavy (non-hydrogen) atoms. The van der Waals surface area contributed by atoms with Crippen molar-refractivity contribution >= 4 is 22.8 Å². The molecule has 6 nitrogen and oxygen atoms in total. The first-order chi connectivity index (χ1) is 9.62. The van der Waals surface area contributed by atoms with E-state index in [1.165, 1.54) is 0 Å². The van der Waals surface area contributed by atoms with Crippen LogP contribution in [0.5, 0.6) is 0 Å². The first-order valence-corrected chi connectivity index (χ1v) is 7.12. The summed E-state index contributed by atoms with van der Waals surface area (Å²) in [5, 5.41) is 4.42. The Labute approximate surface area is 123 Å². The van der Waals surface area contributed by atoms with Crippen LogP contribution in [-0.4, -0.2) is 52.1 Å². The average Bonchev–Trinajstić information content (AvgIpc) is 2.90. The summed E-state index contributed by atoms with van der Waals surface area (Å²) in [7, 11) is 5.28. The zero-order valence-corrected chi connectivity index (χ0v) is 13.1. The molecule has 0 aliphatic carbocycles. The summed E-state index contributed by atoms with van der Waals surface area (Å²) in [4.78, 5) is 4.67. The normalized spacial score (nSPS) is 13.2. The predicted octanol–water partition coefficient (Wildman–Crippen LogP) is 1.52. The molecule has 112 valence electrons. The van der Waals surface area contributed by atoms with E-state index in [0.717, 1.165) is 29.1 Å². The maximum absolute atomic E-state index is 5.88. The van der Waals surface area contributed by atoms with E-state index in [0.29, 0.717) is 19.0 Å². The van der Waals surface area contributed by atoms with Gasteiger partial charge < -0.3 is 14.0 Å². The largest absolute Gasteiger partial charge is 0.382 e. The molecule has 0 amide bonds. The lowest BCUT2D eigenvalue weighted by Crippen LogP contribution is -2.25. The molecule has 0 aromatic carbocycles. The van der Waals surface area contributed by atoms with E-state index in [4.69, 9.17) is 21.1 Å². The summed E-state index contributed by atoms with van der Waals surface area (Å²) in [5.41, 5.74) is 2.86. The van der Waals surface area contributed by atoms with Crippen molar-refractivity contribution < 1.29 is 9.47 Å². The molecule has 0 spiro atoms. The Kier molecular flexibility index (Phi) is 5.01. The van der Waals surface area contributed by atoms with Crippen molar-refractivity contribution in [1.29, 1.82) is 0 Å². The van der Waals surface area contributed by atoms with Crippen LogP contribution in [0, 0.1) is 6.92 Å². The van der Waals surface area contributed by atoms with Crippen LogP contribution < -0.4 is 0 Å². The molecule has 0 aliphatic rings. The lowest BCUT2D eigenvalue weighted by atomic mass is 10.3. The van der Waals surface area contributed by atoms with Gasteiger partial charge in [-0.1, -0.05) is 0 Å². The van der Waals surface area contributed by atoms with Crippen molar-refractivity contribution in [2.45, 2.75) is 26.0 Å². The van der Waals surface area contributed by atoms with Gasteiger partial charge in [0, 0.05) is 33.6 Å². The van der Waals surface area contributed by atoms with Gasteiger partial charge in [-0.25, -0.2) is 4.98 Å². The second-order valence-electron chi connectivity index (χ2n) is 4.77. The fraction of sp³-hybridized carbons (Fsp3) is 0.692. The van der Waals surface area contributed by atoms with Crippen LogP contribution in [0.2, 0.25) is 0 Å². The number of rotatable bonds is 7. The summed E-state index contributed by atoms with van der Waals surface area (Å²) in [6, 6.07) is 0. The molecule has 2 aromatic rings. The quantitative estimate of drug-likeness (QED) is 0.728. The van der Waals surface area contributed by atoms with Gasteiger partial charge >= 0.3 is 0 Å². The fourth-order valence-corrected chi connectivity index (χ4v) is 2.60. The van der Waals surface area contributed by atoms with E-state index in [1.807, 2.05) is 18.7 Å². The van der Waals surface area contributed by atoms with Gasteiger partial charge in [-0.2, -0.15) is 5.10 Å². The number of nitrogens with zero attached hydrogens (tertiary/aromatic N) is 4. The monoisotopic (exact) mass is 300 g/mol. The molecule has 2 heterocycles. The Morgan fingerprint density at radius 2 is 2.10 bits per heavy atom. The third kappa shape index (κ3) is 2.82. The third-order valence-electron chi connectivity index (χ3n) is 3.36. The van der Waals surface area contributed by atoms with E-state index in [-0.39, 0.29) is 6.10 Å². The van der Waals surface area contributed by atoms with Gasteiger partial charge in [-0.05, 0) is 6.92 Å². The minimum atomic E-state index is -0.0262. The van der Waals surface area contributed by atoms with Crippen LogP contribution in [0.4, 0.5) is 0 Å². The first-order valence-electron chi connectivity index (χ1n) is 6.58. The Morgan fingerprint density at radius 3 is 2.70 bits per heavy atom. The summed E-state index contributed by atoms with van der Waals surface area (Å²) in [6.07, 6.45) is 0.695. The van der Waals surface area contributed by atoms with Crippen molar-refractivity contribution in [3.8, 4) is 0 Å². The SMILES string of the molecule is COCC(Cn1c(CCCl)nc2c(C)nn(C)c21)OC. The molecular formula is C13H21ClN4O2. The number of imidazole rings is 1. The van der Waals surface area contributed by atoms with Crippen LogP contribution in [0.25, 0.3) is 11.2 Å². The van der Waals surface area contributed by atoms with Crippen molar-refractivity contribution in [2.75, 3.05) is 26.7 Å². The Bertz CT molecular complexity index is 578. The van der Waals surface area contributed by atoms with E-state index in [2.05, 4.69) is 14.6 Å². The molecule has 0 saturated heterocycles. The number of hydrogen-bond acceptors (Lipinski definition) is 4. The first kappa shape index (κ1) is 15.3. The molecule has 0 bridgehead atoms. The predicted molar refractivity (Wildman–Crippen MR) is 78.3 cm³/mol. The van der Waals surface area contributed by atoms with Gasteiger partial charge in [0.25, 0.3) is 0 Å². The van der Waals surface area contributed by atoms with Crippen LogP contribution in [0.15, 0.2) is 0 Å². The Morgan fingerprint density at radius 1 is 1.35 bits per heavy atom. The Balaban J connectivity index is 2.44. The van der Waals surface area contributed by atoms with Crippen LogP contribution in [0.3, 0.4) is 0 Å². The molecular weight excluding hydrogens is 280 g/mol. The third-order valence-corrected chi connectivity index (χ3v) is 3.55. The fourth-order valence-electron chi connectivity index (χ4n) is 2.43. The van der Waals surface area contributed by atoms with E-state index in [9.17, 15) is 0 Å². The zero-order chi connectivity index (χ0) is 14.7. The molecule has 0 N–H and O–H groups in total. The molecule has 7 heteroatoms. The van der Waals surface area contributed by atoms with E-state index in [1.54, 1.807) is 14.2 Å². The summed E-state index contributed by atoms with van der Waals surface area (Å²) >= 11 is 5.88. The van der Waals surface area contributed by atoms with Gasteiger partial charge in [0.05, 0.1) is 24.9 Å². The van der Waals surface area contributed by atoms with Crippen molar-refractivity contribution in [1.82, 2.24) is 19.3 Å². The lowest BCUT2D eigenvalue weighted by Gasteiger charge is -2.17. The van der Waals surface area contributed by atoms with E-state index < -0.39 is 0 Å². The highest BCUT2D eigenvalue weighted by molar-refractivity contribution is 6.17. The maximum Gasteiger partial charge on any atom is 0.158 e. The topological polar surface area (TPSA) is 54.1 Å². The van der Waals surface area contributed by atoms with Gasteiger partial charge in [0.1, 0.15) is 11.3 Å². The van der Waals surface area contributed by atoms with Gasteiger partial charge in [0.15, 0.2) is 5.65 Å². The number of methoxy groups -OCH3 is 2. The highest BCUT2D eigenvalue weighted by Gasteiger charge is 2.19. The van der Waals surface area contributed by atoms with Gasteiger partial charge in [0.2, 0.25) is 0 Å². The van der Waals surface area contributed by atoms with Gasteiger partial charge in [-0.15, -0.1) is 11.6 Å². The summed E-state index contributed by atoms with van der Waals surface area (Å²) in [5.74, 6) is 1.50. The summed E-state index contributed by atoms with van der Waals surface area (Å²) < 4.78 is 14.6. The molecule has 1 atom stereocenters. The molecule has 1 unspecified atom stereocenters. The second kappa shape index (κ2) is 6.56. The zero-order valence-electron chi connectivity index (χ0n) is 12.4. The lowest BCUT2D eigenvalue weighted by molar-refractivity contribution is 0.0184. The van der Waals surface area contributed by atoms with Crippen LogP contribution >= 0.6 is 11.6 Å². The van der Waals surface area contributed by atoms with Crippen molar-refractivity contribution in [3.05, 3.63) is 11.5 Å². The van der Waals surface area contributed by atoms with Crippen molar-refractivity contribution in [2.24, 2.45) is 7.05 Å². The molecule has 2 aromatic heterocycles. The minimum absolute atomic E-state index is 0.0262. The standard InChI is InChI=1S/C13H21ClN4O2/c1-9-12-13(17(2)16-9)18(11(15-12)5-6-14)7-10(20-4)8-19-3/h10H,5-8H2,1-4H3. The van der Waals surface area contributed by atoms with Gasteiger partial charge in [-0.3, -0.25) is 4.68 Å². The number of alkyl halides is 1. The number of halogens is 1. The number of aryl methyl sites for hydroxylation is 3.